The molecule has 0 radical (unpaired) electrons. The summed E-state index contributed by atoms with van der Waals surface area (Å²) in [7, 11) is 0. The number of fused-ring (bicyclic) bond motifs is 1. The van der Waals surface area contributed by atoms with Gasteiger partial charge in [0.2, 0.25) is 0 Å². The van der Waals surface area contributed by atoms with Gasteiger partial charge in [0.05, 0.1) is 17.8 Å². The van der Waals surface area contributed by atoms with Crippen molar-refractivity contribution in [3.8, 4) is 0 Å². The summed E-state index contributed by atoms with van der Waals surface area (Å²) in [6.45, 7) is 5.50. The van der Waals surface area contributed by atoms with Gasteiger partial charge in [-0.05, 0) is 37.6 Å². The van der Waals surface area contributed by atoms with Crippen LogP contribution in [0.2, 0.25) is 0 Å². The van der Waals surface area contributed by atoms with E-state index in [1.807, 2.05) is 49.4 Å². The molecule has 1 aliphatic rings. The summed E-state index contributed by atoms with van der Waals surface area (Å²) in [5.41, 5.74) is 2.77. The first kappa shape index (κ1) is 16.7. The second kappa shape index (κ2) is 7.25. The molecule has 0 spiro atoms. The second-order valence-electron chi connectivity index (χ2n) is 6.68. The van der Waals surface area contributed by atoms with Gasteiger partial charge in [0.1, 0.15) is 5.82 Å². The molecule has 0 unspecified atom stereocenters. The first-order chi connectivity index (χ1) is 12.7. The van der Waals surface area contributed by atoms with Crippen LogP contribution in [-0.4, -0.2) is 46.5 Å². The molecule has 2 aromatic heterocycles. The van der Waals surface area contributed by atoms with E-state index >= 15 is 0 Å². The monoisotopic (exact) mass is 349 g/mol. The average Bonchev–Trinajstić information content (AvgIpc) is 2.93. The summed E-state index contributed by atoms with van der Waals surface area (Å²) in [4.78, 5) is 9.39. The Bertz CT molecular complexity index is 896. The molecule has 1 saturated heterocycles. The van der Waals surface area contributed by atoms with E-state index in [1.54, 1.807) is 0 Å². The molecule has 134 valence electrons. The van der Waals surface area contributed by atoms with Crippen molar-refractivity contribution >= 4 is 22.5 Å². The van der Waals surface area contributed by atoms with Gasteiger partial charge in [0.15, 0.2) is 5.82 Å². The number of hydrogen-bond donors (Lipinski definition) is 1. The molecular weight excluding hydrogens is 326 g/mol. The third-order valence-corrected chi connectivity index (χ3v) is 4.85. The Labute approximate surface area is 153 Å². The van der Waals surface area contributed by atoms with Gasteiger partial charge in [-0.1, -0.05) is 18.2 Å². The van der Waals surface area contributed by atoms with Crippen LogP contribution in [-0.2, 0) is 6.61 Å². The molecule has 1 aliphatic heterocycles. The Morgan fingerprint density at radius 2 is 1.77 bits per heavy atom. The molecule has 0 amide bonds. The lowest BCUT2D eigenvalue weighted by molar-refractivity contribution is 0.282. The van der Waals surface area contributed by atoms with Crippen LogP contribution in [0.15, 0.2) is 42.5 Å². The summed E-state index contributed by atoms with van der Waals surface area (Å²) in [6.07, 6.45) is 1.01. The SMILES string of the molecule is Cc1ccc(N2CCCN(c3nc4ccccc4cc3CO)CC2)nn1. The molecule has 4 rings (SSSR count). The summed E-state index contributed by atoms with van der Waals surface area (Å²) in [5.74, 6) is 1.81. The minimum atomic E-state index is -0.00316. The van der Waals surface area contributed by atoms with Gasteiger partial charge in [-0.3, -0.25) is 0 Å². The Balaban J connectivity index is 1.59. The number of rotatable bonds is 3. The van der Waals surface area contributed by atoms with Gasteiger partial charge < -0.3 is 14.9 Å². The van der Waals surface area contributed by atoms with Crippen molar-refractivity contribution < 1.29 is 5.11 Å². The number of aliphatic hydroxyl groups excluding tert-OH is 1. The minimum absolute atomic E-state index is 0.00316. The largest absolute Gasteiger partial charge is 0.392 e. The highest BCUT2D eigenvalue weighted by Gasteiger charge is 2.20. The second-order valence-corrected chi connectivity index (χ2v) is 6.68. The smallest absolute Gasteiger partial charge is 0.151 e. The van der Waals surface area contributed by atoms with E-state index in [9.17, 15) is 5.11 Å². The third kappa shape index (κ3) is 3.32. The third-order valence-electron chi connectivity index (χ3n) is 4.85. The normalized spacial score (nSPS) is 15.3. The number of para-hydroxylation sites is 1. The maximum atomic E-state index is 9.84. The highest BCUT2D eigenvalue weighted by molar-refractivity contribution is 5.81. The minimum Gasteiger partial charge on any atom is -0.392 e. The number of aliphatic hydroxyl groups is 1. The van der Waals surface area contributed by atoms with E-state index in [-0.39, 0.29) is 6.61 Å². The van der Waals surface area contributed by atoms with Crippen LogP contribution >= 0.6 is 0 Å². The maximum Gasteiger partial charge on any atom is 0.151 e. The van der Waals surface area contributed by atoms with Crippen molar-refractivity contribution in [1.29, 1.82) is 0 Å². The zero-order chi connectivity index (χ0) is 17.9. The van der Waals surface area contributed by atoms with Crippen LogP contribution < -0.4 is 9.80 Å². The molecule has 1 N–H and O–H groups in total. The standard InChI is InChI=1S/C20H23N5O/c1-15-7-8-19(23-22-15)24-9-4-10-25(12-11-24)20-17(14-26)13-16-5-2-3-6-18(16)21-20/h2-3,5-8,13,26H,4,9-12,14H2,1H3. The van der Waals surface area contributed by atoms with E-state index < -0.39 is 0 Å². The topological polar surface area (TPSA) is 65.4 Å². The molecule has 1 aromatic carbocycles. The van der Waals surface area contributed by atoms with Crippen LogP contribution in [0.1, 0.15) is 17.7 Å². The van der Waals surface area contributed by atoms with Crippen LogP contribution in [0.25, 0.3) is 10.9 Å². The van der Waals surface area contributed by atoms with E-state index in [2.05, 4.69) is 20.0 Å². The number of nitrogens with zero attached hydrogens (tertiary/aromatic N) is 5. The van der Waals surface area contributed by atoms with Gasteiger partial charge in [-0.2, -0.15) is 5.10 Å². The van der Waals surface area contributed by atoms with Gasteiger partial charge in [-0.15, -0.1) is 5.10 Å². The Kier molecular flexibility index (Phi) is 4.67. The predicted molar refractivity (Wildman–Crippen MR) is 103 cm³/mol. The number of hydrogen-bond acceptors (Lipinski definition) is 6. The predicted octanol–water partition coefficient (Wildman–Crippen LogP) is 2.54. The van der Waals surface area contributed by atoms with Crippen molar-refractivity contribution in [3.05, 3.63) is 53.7 Å². The molecule has 3 aromatic rings. The highest BCUT2D eigenvalue weighted by atomic mass is 16.3. The molecule has 0 bridgehead atoms. The van der Waals surface area contributed by atoms with Crippen molar-refractivity contribution in [3.63, 3.8) is 0 Å². The summed E-state index contributed by atoms with van der Waals surface area (Å²) < 4.78 is 0. The van der Waals surface area contributed by atoms with Crippen molar-refractivity contribution in [2.75, 3.05) is 36.0 Å². The number of aromatic nitrogens is 3. The quantitative estimate of drug-likeness (QED) is 0.784. The zero-order valence-electron chi connectivity index (χ0n) is 15.0. The summed E-state index contributed by atoms with van der Waals surface area (Å²) in [6, 6.07) is 14.1. The average molecular weight is 349 g/mol. The number of aryl methyl sites for hydroxylation is 1. The Hall–Kier alpha value is -2.73. The van der Waals surface area contributed by atoms with E-state index in [4.69, 9.17) is 4.98 Å². The first-order valence-corrected chi connectivity index (χ1v) is 9.04. The van der Waals surface area contributed by atoms with E-state index in [1.165, 1.54) is 0 Å². The lowest BCUT2D eigenvalue weighted by atomic mass is 10.1. The molecule has 1 fully saturated rings. The number of benzene rings is 1. The fourth-order valence-electron chi connectivity index (χ4n) is 3.46. The number of pyridine rings is 1. The molecule has 0 atom stereocenters. The van der Waals surface area contributed by atoms with Crippen molar-refractivity contribution in [1.82, 2.24) is 15.2 Å². The first-order valence-electron chi connectivity index (χ1n) is 9.04. The van der Waals surface area contributed by atoms with Gasteiger partial charge in [0, 0.05) is 37.1 Å². The Morgan fingerprint density at radius 1 is 0.962 bits per heavy atom. The lowest BCUT2D eigenvalue weighted by Crippen LogP contribution is -2.32. The van der Waals surface area contributed by atoms with Crippen LogP contribution in [0, 0.1) is 6.92 Å². The number of anilines is 2. The van der Waals surface area contributed by atoms with Gasteiger partial charge in [0.25, 0.3) is 0 Å². The fourth-order valence-corrected chi connectivity index (χ4v) is 3.46. The van der Waals surface area contributed by atoms with E-state index in [0.717, 1.165) is 66.4 Å². The molecule has 6 nitrogen and oxygen atoms in total. The van der Waals surface area contributed by atoms with Crippen molar-refractivity contribution in [2.24, 2.45) is 0 Å². The summed E-state index contributed by atoms with van der Waals surface area (Å²) in [5, 5.41) is 19.4. The van der Waals surface area contributed by atoms with E-state index in [0.29, 0.717) is 0 Å². The molecular formula is C20H23N5O. The van der Waals surface area contributed by atoms with Crippen LogP contribution in [0.3, 0.4) is 0 Å². The van der Waals surface area contributed by atoms with Crippen LogP contribution in [0.4, 0.5) is 11.6 Å². The molecule has 6 heteroatoms. The fraction of sp³-hybridized carbons (Fsp3) is 0.350. The molecule has 0 saturated carbocycles. The zero-order valence-corrected chi connectivity index (χ0v) is 15.0. The van der Waals surface area contributed by atoms with Gasteiger partial charge >= 0.3 is 0 Å². The molecule has 3 heterocycles. The highest BCUT2D eigenvalue weighted by Crippen LogP contribution is 2.25. The van der Waals surface area contributed by atoms with Gasteiger partial charge in [-0.25, -0.2) is 4.98 Å². The summed E-state index contributed by atoms with van der Waals surface area (Å²) >= 11 is 0. The Morgan fingerprint density at radius 3 is 2.58 bits per heavy atom. The lowest BCUT2D eigenvalue weighted by Gasteiger charge is -2.25. The molecule has 26 heavy (non-hydrogen) atoms. The van der Waals surface area contributed by atoms with Crippen molar-refractivity contribution in [2.45, 2.75) is 20.0 Å². The maximum absolute atomic E-state index is 9.84. The van der Waals surface area contributed by atoms with Crippen LogP contribution in [0.5, 0.6) is 0 Å². The molecule has 0 aliphatic carbocycles.